The van der Waals surface area contributed by atoms with Crippen LogP contribution in [0.15, 0.2) is 23.0 Å². The molecule has 0 heterocycles. The molecule has 0 radical (unpaired) electrons. The number of carbonyl (C=O) groups is 2. The minimum atomic E-state index is -2.05. The molecule has 0 saturated heterocycles. The van der Waals surface area contributed by atoms with E-state index in [2.05, 4.69) is 11.9 Å². The first kappa shape index (κ1) is 27.1. The van der Waals surface area contributed by atoms with Gasteiger partial charge in [0.1, 0.15) is 28.6 Å². The van der Waals surface area contributed by atoms with Crippen molar-refractivity contribution in [1.29, 1.82) is 0 Å². The number of phenolic OH excluding ortho intramolecular Hbond substituents is 1. The number of carbonyl (C=O) groups excluding carboxylic acids is 2. The third-order valence-corrected chi connectivity index (χ3v) is 10.3. The summed E-state index contributed by atoms with van der Waals surface area (Å²) in [6.07, 6.45) is 4.96. The Morgan fingerprint density at radius 3 is 2.40 bits per heavy atom. The highest BCUT2D eigenvalue weighted by atomic mass is 16.5. The van der Waals surface area contributed by atoms with E-state index in [1.807, 2.05) is 0 Å². The van der Waals surface area contributed by atoms with E-state index in [1.165, 1.54) is 25.7 Å². The van der Waals surface area contributed by atoms with Gasteiger partial charge in [-0.2, -0.15) is 0 Å². The van der Waals surface area contributed by atoms with Gasteiger partial charge in [-0.15, -0.1) is 0 Å². The van der Waals surface area contributed by atoms with Crippen LogP contribution in [0, 0.1) is 17.8 Å². The standard InChI is InChI=1S/C30H39N3O7/c1-32(2)23-19-10-14-9-17-22(25(36)21(14)27(37)30(19,39)12-18(24(23)35)28(31)38)20(34)11-15(26(17)40-4)13-33(3)29(7-8-29)16-5-6-16/h11,14,16,19,23,34-36,39H,5-10,12-13H2,1-4H3,(H2,31,38)/t14-,19-,23-,30-/m0/s1. The summed E-state index contributed by atoms with van der Waals surface area (Å²) in [5.41, 5.74) is 5.10. The van der Waals surface area contributed by atoms with Crippen LogP contribution in [0.3, 0.4) is 0 Å². The number of likely N-dealkylation sites (N-methyl/N-ethyl adjacent to an activating group) is 1. The Labute approximate surface area is 233 Å². The maximum atomic E-state index is 14.0. The number of Topliss-reactive ketones (excluding diaryl/α,β-unsaturated/α-hetero) is 1. The van der Waals surface area contributed by atoms with E-state index in [9.17, 15) is 30.0 Å². The van der Waals surface area contributed by atoms with Gasteiger partial charge in [0.25, 0.3) is 0 Å². The van der Waals surface area contributed by atoms with Crippen molar-refractivity contribution >= 4 is 17.4 Å². The summed E-state index contributed by atoms with van der Waals surface area (Å²) in [7, 11) is 7.09. The van der Waals surface area contributed by atoms with Gasteiger partial charge >= 0.3 is 0 Å². The predicted octanol–water partition coefficient (Wildman–Crippen LogP) is 2.17. The number of aliphatic hydroxyl groups is 3. The highest BCUT2D eigenvalue weighted by molar-refractivity contribution is 6.10. The van der Waals surface area contributed by atoms with Gasteiger partial charge in [-0.05, 0) is 77.6 Å². The highest BCUT2D eigenvalue weighted by Crippen LogP contribution is 2.58. The van der Waals surface area contributed by atoms with Crippen LogP contribution in [0.25, 0.3) is 5.76 Å². The summed E-state index contributed by atoms with van der Waals surface area (Å²) in [5, 5.41) is 45.4. The van der Waals surface area contributed by atoms with Crippen LogP contribution < -0.4 is 10.5 Å². The zero-order valence-electron chi connectivity index (χ0n) is 23.5. The summed E-state index contributed by atoms with van der Waals surface area (Å²) in [4.78, 5) is 30.2. The van der Waals surface area contributed by atoms with E-state index in [0.717, 1.165) is 11.5 Å². The molecule has 40 heavy (non-hydrogen) atoms. The van der Waals surface area contributed by atoms with E-state index in [-0.39, 0.29) is 45.9 Å². The maximum Gasteiger partial charge on any atom is 0.248 e. The molecule has 5 aliphatic rings. The summed E-state index contributed by atoms with van der Waals surface area (Å²) in [6, 6.07) is 0.788. The number of fused-ring (bicyclic) bond motifs is 3. The number of amides is 1. The molecule has 1 aromatic carbocycles. The number of primary amides is 1. The molecule has 0 aliphatic heterocycles. The summed E-state index contributed by atoms with van der Waals surface area (Å²) >= 11 is 0. The van der Waals surface area contributed by atoms with Crippen LogP contribution in [0.5, 0.6) is 11.5 Å². The normalized spacial score (nSPS) is 30.8. The maximum absolute atomic E-state index is 14.0. The van der Waals surface area contributed by atoms with Gasteiger partial charge in [-0.3, -0.25) is 19.4 Å². The Kier molecular flexibility index (Phi) is 6.07. The number of phenols is 1. The monoisotopic (exact) mass is 553 g/mol. The molecule has 3 fully saturated rings. The quantitative estimate of drug-likeness (QED) is 0.341. The molecule has 10 nitrogen and oxygen atoms in total. The zero-order valence-corrected chi connectivity index (χ0v) is 23.5. The molecule has 1 aromatic rings. The molecule has 216 valence electrons. The number of rotatable bonds is 7. The Morgan fingerprint density at radius 1 is 1.18 bits per heavy atom. The van der Waals surface area contributed by atoms with Gasteiger partial charge in [-0.25, -0.2) is 0 Å². The number of aromatic hydroxyl groups is 1. The number of aliphatic hydroxyl groups excluding tert-OH is 2. The van der Waals surface area contributed by atoms with Crippen molar-refractivity contribution in [2.24, 2.45) is 23.5 Å². The zero-order chi connectivity index (χ0) is 28.9. The average Bonchev–Trinajstić information content (AvgIpc) is 3.78. The number of methoxy groups -OCH3 is 1. The SMILES string of the molecule is COc1c(CN(C)C2(C3CC3)CC2)cc(O)c2c1C[C@H]1C[C@H]3[C@H](N(C)C)C(O)=C(C(N)=O)C[C@@]3(O)C(=O)C1=C2O. The Hall–Kier alpha value is -3.08. The molecule has 0 unspecified atom stereocenters. The average molecular weight is 554 g/mol. The third-order valence-electron chi connectivity index (χ3n) is 10.3. The fourth-order valence-corrected chi connectivity index (χ4v) is 8.08. The topological polar surface area (TPSA) is 157 Å². The lowest BCUT2D eigenvalue weighted by Crippen LogP contribution is -2.62. The Bertz CT molecular complexity index is 1370. The lowest BCUT2D eigenvalue weighted by atomic mass is 9.57. The second kappa shape index (κ2) is 8.96. The van der Waals surface area contributed by atoms with Gasteiger partial charge in [-0.1, -0.05) is 0 Å². The Balaban J connectivity index is 1.42. The van der Waals surface area contributed by atoms with Gasteiger partial charge < -0.3 is 30.9 Å². The van der Waals surface area contributed by atoms with E-state index < -0.39 is 41.6 Å². The molecule has 6 rings (SSSR count). The molecule has 10 heteroatoms. The van der Waals surface area contributed by atoms with Crippen molar-refractivity contribution in [3.8, 4) is 11.5 Å². The molecular weight excluding hydrogens is 514 g/mol. The molecule has 0 bridgehead atoms. The van der Waals surface area contributed by atoms with E-state index in [0.29, 0.717) is 24.3 Å². The molecule has 3 saturated carbocycles. The first-order valence-electron chi connectivity index (χ1n) is 14.1. The minimum Gasteiger partial charge on any atom is -0.510 e. The number of ketones is 1. The van der Waals surface area contributed by atoms with Gasteiger partial charge in [0, 0.05) is 41.1 Å². The summed E-state index contributed by atoms with van der Waals surface area (Å²) in [5.74, 6) is -2.32. The third kappa shape index (κ3) is 3.72. The van der Waals surface area contributed by atoms with E-state index >= 15 is 0 Å². The van der Waals surface area contributed by atoms with Crippen LogP contribution in [0.1, 0.15) is 55.2 Å². The highest BCUT2D eigenvalue weighted by Gasteiger charge is 2.60. The van der Waals surface area contributed by atoms with Crippen LogP contribution in [-0.2, 0) is 22.6 Å². The molecule has 1 amide bonds. The van der Waals surface area contributed by atoms with Crippen molar-refractivity contribution in [1.82, 2.24) is 9.80 Å². The van der Waals surface area contributed by atoms with Gasteiger partial charge in [0.15, 0.2) is 5.78 Å². The smallest absolute Gasteiger partial charge is 0.248 e. The van der Waals surface area contributed by atoms with Crippen LogP contribution in [0.4, 0.5) is 0 Å². The molecular formula is C30H39N3O7. The lowest BCUT2D eigenvalue weighted by molar-refractivity contribution is -0.151. The predicted molar refractivity (Wildman–Crippen MR) is 147 cm³/mol. The van der Waals surface area contributed by atoms with E-state index in [4.69, 9.17) is 10.5 Å². The number of benzene rings is 1. The lowest BCUT2D eigenvalue weighted by Gasteiger charge is -2.51. The number of hydrogen-bond acceptors (Lipinski definition) is 9. The fourth-order valence-electron chi connectivity index (χ4n) is 8.08. The van der Waals surface area contributed by atoms with Gasteiger partial charge in [0.2, 0.25) is 5.91 Å². The largest absolute Gasteiger partial charge is 0.510 e. The number of nitrogens with two attached hydrogens (primary N) is 1. The molecule has 6 N–H and O–H groups in total. The second-order valence-electron chi connectivity index (χ2n) is 12.7. The molecule has 0 spiro atoms. The van der Waals surface area contributed by atoms with E-state index in [1.54, 1.807) is 32.2 Å². The van der Waals surface area contributed by atoms with Crippen LogP contribution in [-0.4, -0.2) is 87.4 Å². The molecule has 0 aromatic heterocycles. The van der Waals surface area contributed by atoms with Crippen molar-refractivity contribution in [3.63, 3.8) is 0 Å². The molecule has 4 atom stereocenters. The van der Waals surface area contributed by atoms with Crippen molar-refractivity contribution in [2.75, 3.05) is 28.3 Å². The number of nitrogens with zero attached hydrogens (tertiary/aromatic N) is 2. The number of hydrogen-bond donors (Lipinski definition) is 5. The van der Waals surface area contributed by atoms with Crippen molar-refractivity contribution in [3.05, 3.63) is 39.7 Å². The van der Waals surface area contributed by atoms with Crippen molar-refractivity contribution < 1.29 is 34.8 Å². The van der Waals surface area contributed by atoms with Gasteiger partial charge in [0.05, 0.1) is 24.3 Å². The first-order valence-corrected chi connectivity index (χ1v) is 14.1. The summed E-state index contributed by atoms with van der Waals surface area (Å²) in [6.45, 7) is 0.584. The second-order valence-corrected chi connectivity index (χ2v) is 12.7. The molecule has 5 aliphatic carbocycles. The minimum absolute atomic E-state index is 0.0295. The number of ether oxygens (including phenoxy) is 1. The van der Waals surface area contributed by atoms with Crippen LogP contribution >= 0.6 is 0 Å². The summed E-state index contributed by atoms with van der Waals surface area (Å²) < 4.78 is 5.89. The van der Waals surface area contributed by atoms with Crippen molar-refractivity contribution in [2.45, 2.75) is 68.7 Å². The van der Waals surface area contributed by atoms with Crippen LogP contribution in [0.2, 0.25) is 0 Å². The first-order chi connectivity index (χ1) is 18.9. The fraction of sp³-hybridized carbons (Fsp3) is 0.600. The Morgan fingerprint density at radius 2 is 1.85 bits per heavy atom.